The third kappa shape index (κ3) is 2.31. The van der Waals surface area contributed by atoms with Crippen LogP contribution >= 0.6 is 0 Å². The molecule has 0 radical (unpaired) electrons. The standard InChI is InChI=1S/C17H19N3O2/c21-17(16-14-11-22-9-7-15(14)18-19-16)20-8-3-6-12-4-1-2-5-13(12)10-20/h1-2,4-5H,3,6-11H2,(H,18,19). The highest BCUT2D eigenvalue weighted by molar-refractivity contribution is 5.94. The van der Waals surface area contributed by atoms with Crippen molar-refractivity contribution in [3.63, 3.8) is 0 Å². The van der Waals surface area contributed by atoms with Crippen LogP contribution in [0.2, 0.25) is 0 Å². The number of aromatic nitrogens is 2. The quantitative estimate of drug-likeness (QED) is 0.876. The summed E-state index contributed by atoms with van der Waals surface area (Å²) in [6.07, 6.45) is 2.83. The van der Waals surface area contributed by atoms with Gasteiger partial charge in [0, 0.05) is 30.8 Å². The van der Waals surface area contributed by atoms with E-state index in [1.807, 2.05) is 11.0 Å². The second-order valence-electron chi connectivity index (χ2n) is 5.93. The summed E-state index contributed by atoms with van der Waals surface area (Å²) in [5, 5.41) is 7.27. The first-order valence-electron chi connectivity index (χ1n) is 7.83. The van der Waals surface area contributed by atoms with Gasteiger partial charge in [-0.2, -0.15) is 5.10 Å². The van der Waals surface area contributed by atoms with Gasteiger partial charge in [0.1, 0.15) is 0 Å². The molecule has 114 valence electrons. The molecule has 0 fully saturated rings. The summed E-state index contributed by atoms with van der Waals surface area (Å²) in [6.45, 7) is 2.62. The van der Waals surface area contributed by atoms with Crippen molar-refractivity contribution in [2.24, 2.45) is 0 Å². The Kier molecular flexibility index (Phi) is 3.42. The lowest BCUT2D eigenvalue weighted by Gasteiger charge is -2.21. The van der Waals surface area contributed by atoms with E-state index in [0.29, 0.717) is 25.5 Å². The monoisotopic (exact) mass is 297 g/mol. The molecule has 2 aliphatic heterocycles. The fraction of sp³-hybridized carbons (Fsp3) is 0.412. The number of benzene rings is 1. The SMILES string of the molecule is O=C(c1n[nH]c2c1COCC2)N1CCCc2ccccc2C1. The number of fused-ring (bicyclic) bond motifs is 2. The van der Waals surface area contributed by atoms with Gasteiger partial charge in [-0.25, -0.2) is 0 Å². The highest BCUT2D eigenvalue weighted by atomic mass is 16.5. The van der Waals surface area contributed by atoms with Crippen LogP contribution in [0.1, 0.15) is 39.3 Å². The predicted molar refractivity (Wildman–Crippen MR) is 81.5 cm³/mol. The molecule has 0 saturated carbocycles. The van der Waals surface area contributed by atoms with Crippen molar-refractivity contribution in [1.29, 1.82) is 0 Å². The average Bonchev–Trinajstić information content (AvgIpc) is 2.86. The minimum absolute atomic E-state index is 0.0136. The zero-order valence-corrected chi connectivity index (χ0v) is 12.5. The predicted octanol–water partition coefficient (Wildman–Crippen LogP) is 2.07. The molecule has 1 N–H and O–H groups in total. The molecule has 0 unspecified atom stereocenters. The van der Waals surface area contributed by atoms with Crippen molar-refractivity contribution in [1.82, 2.24) is 15.1 Å². The molecular weight excluding hydrogens is 278 g/mol. The zero-order chi connectivity index (χ0) is 14.9. The topological polar surface area (TPSA) is 58.2 Å². The number of rotatable bonds is 1. The van der Waals surface area contributed by atoms with Crippen LogP contribution in [0.3, 0.4) is 0 Å². The van der Waals surface area contributed by atoms with Gasteiger partial charge in [0.05, 0.1) is 13.2 Å². The molecule has 0 spiro atoms. The molecule has 1 aromatic carbocycles. The number of nitrogens with one attached hydrogen (secondary N) is 1. The van der Waals surface area contributed by atoms with E-state index in [1.165, 1.54) is 11.1 Å². The molecular formula is C17H19N3O2. The van der Waals surface area contributed by atoms with Crippen molar-refractivity contribution in [2.45, 2.75) is 32.4 Å². The van der Waals surface area contributed by atoms with Gasteiger partial charge in [0.25, 0.3) is 5.91 Å². The maximum absolute atomic E-state index is 12.9. The van der Waals surface area contributed by atoms with E-state index in [1.54, 1.807) is 0 Å². The van der Waals surface area contributed by atoms with Crippen LogP contribution in [-0.2, 0) is 30.7 Å². The van der Waals surface area contributed by atoms with Crippen molar-refractivity contribution in [3.8, 4) is 0 Å². The number of H-pyrrole nitrogens is 1. The Morgan fingerprint density at radius 3 is 3.00 bits per heavy atom. The third-order valence-electron chi connectivity index (χ3n) is 4.54. The Labute approximate surface area is 129 Å². The van der Waals surface area contributed by atoms with Gasteiger partial charge in [-0.3, -0.25) is 9.89 Å². The van der Waals surface area contributed by atoms with Crippen molar-refractivity contribution in [2.75, 3.05) is 13.2 Å². The lowest BCUT2D eigenvalue weighted by atomic mass is 10.0. The van der Waals surface area contributed by atoms with Gasteiger partial charge < -0.3 is 9.64 Å². The molecule has 2 aliphatic rings. The maximum Gasteiger partial charge on any atom is 0.275 e. The fourth-order valence-corrected chi connectivity index (χ4v) is 3.31. The lowest BCUT2D eigenvalue weighted by Crippen LogP contribution is -2.32. The van der Waals surface area contributed by atoms with E-state index >= 15 is 0 Å². The summed E-state index contributed by atoms with van der Waals surface area (Å²) in [4.78, 5) is 14.8. The molecule has 0 bridgehead atoms. The molecule has 1 aromatic heterocycles. The number of hydrogen-bond donors (Lipinski definition) is 1. The van der Waals surface area contributed by atoms with Gasteiger partial charge in [0.2, 0.25) is 0 Å². The molecule has 0 aliphatic carbocycles. The van der Waals surface area contributed by atoms with Crippen LogP contribution < -0.4 is 0 Å². The molecule has 5 nitrogen and oxygen atoms in total. The Hall–Kier alpha value is -2.14. The van der Waals surface area contributed by atoms with Crippen LogP contribution in [-0.4, -0.2) is 34.2 Å². The minimum atomic E-state index is 0.0136. The number of nitrogens with zero attached hydrogens (tertiary/aromatic N) is 2. The molecule has 2 aromatic rings. The summed E-state index contributed by atoms with van der Waals surface area (Å²) in [5.41, 5.74) is 5.12. The van der Waals surface area contributed by atoms with E-state index in [4.69, 9.17) is 4.74 Å². The lowest BCUT2D eigenvalue weighted by molar-refractivity contribution is 0.0726. The summed E-state index contributed by atoms with van der Waals surface area (Å²) in [7, 11) is 0. The first-order chi connectivity index (χ1) is 10.8. The van der Waals surface area contributed by atoms with E-state index < -0.39 is 0 Å². The average molecular weight is 297 g/mol. The normalized spacial score (nSPS) is 17.5. The summed E-state index contributed by atoms with van der Waals surface area (Å²) in [5.74, 6) is 0.0136. The van der Waals surface area contributed by atoms with Crippen LogP contribution in [0.5, 0.6) is 0 Å². The van der Waals surface area contributed by atoms with Gasteiger partial charge in [-0.1, -0.05) is 24.3 Å². The summed E-state index contributed by atoms with van der Waals surface area (Å²) >= 11 is 0. The molecule has 22 heavy (non-hydrogen) atoms. The van der Waals surface area contributed by atoms with Crippen LogP contribution in [0.25, 0.3) is 0 Å². The highest BCUT2D eigenvalue weighted by Crippen LogP contribution is 2.23. The number of carbonyl (C=O) groups is 1. The van der Waals surface area contributed by atoms with Crippen LogP contribution in [0.4, 0.5) is 0 Å². The second-order valence-corrected chi connectivity index (χ2v) is 5.93. The summed E-state index contributed by atoms with van der Waals surface area (Å²) < 4.78 is 5.48. The molecule has 1 amide bonds. The van der Waals surface area contributed by atoms with Crippen molar-refractivity contribution >= 4 is 5.91 Å². The molecule has 0 atom stereocenters. The molecule has 5 heteroatoms. The minimum Gasteiger partial charge on any atom is -0.376 e. The number of amides is 1. The number of aromatic amines is 1. The maximum atomic E-state index is 12.9. The Morgan fingerprint density at radius 1 is 1.23 bits per heavy atom. The first-order valence-corrected chi connectivity index (χ1v) is 7.83. The van der Waals surface area contributed by atoms with Gasteiger partial charge in [0.15, 0.2) is 5.69 Å². The van der Waals surface area contributed by atoms with Gasteiger partial charge in [-0.15, -0.1) is 0 Å². The smallest absolute Gasteiger partial charge is 0.275 e. The first kappa shape index (κ1) is 13.5. The number of aryl methyl sites for hydroxylation is 1. The van der Waals surface area contributed by atoms with E-state index in [0.717, 1.165) is 37.1 Å². The summed E-state index contributed by atoms with van der Waals surface area (Å²) in [6, 6.07) is 8.38. The van der Waals surface area contributed by atoms with Crippen LogP contribution in [0, 0.1) is 0 Å². The van der Waals surface area contributed by atoms with E-state index in [-0.39, 0.29) is 5.91 Å². The van der Waals surface area contributed by atoms with Crippen LogP contribution in [0.15, 0.2) is 24.3 Å². The third-order valence-corrected chi connectivity index (χ3v) is 4.54. The Balaban J connectivity index is 1.62. The fourth-order valence-electron chi connectivity index (χ4n) is 3.31. The van der Waals surface area contributed by atoms with Gasteiger partial charge >= 0.3 is 0 Å². The van der Waals surface area contributed by atoms with Gasteiger partial charge in [-0.05, 0) is 24.0 Å². The molecule has 0 saturated heterocycles. The number of hydrogen-bond acceptors (Lipinski definition) is 3. The van der Waals surface area contributed by atoms with E-state index in [2.05, 4.69) is 28.4 Å². The Bertz CT molecular complexity index is 708. The molecule has 3 heterocycles. The second kappa shape index (κ2) is 5.57. The van der Waals surface area contributed by atoms with Crippen molar-refractivity contribution in [3.05, 3.63) is 52.3 Å². The zero-order valence-electron chi connectivity index (χ0n) is 12.5. The number of ether oxygens (including phenoxy) is 1. The molecule has 4 rings (SSSR count). The number of carbonyl (C=O) groups excluding carboxylic acids is 1. The largest absolute Gasteiger partial charge is 0.376 e. The highest BCUT2D eigenvalue weighted by Gasteiger charge is 2.27. The van der Waals surface area contributed by atoms with Crippen molar-refractivity contribution < 1.29 is 9.53 Å². The van der Waals surface area contributed by atoms with E-state index in [9.17, 15) is 4.79 Å². The Morgan fingerprint density at radius 2 is 2.09 bits per heavy atom.